The smallest absolute Gasteiger partial charge is 0.243 e. The van der Waals surface area contributed by atoms with E-state index < -0.39 is 10.0 Å². The summed E-state index contributed by atoms with van der Waals surface area (Å²) in [7, 11) is -3.52. The van der Waals surface area contributed by atoms with E-state index in [2.05, 4.69) is 12.2 Å². The summed E-state index contributed by atoms with van der Waals surface area (Å²) in [6.45, 7) is 4.02. The maximum Gasteiger partial charge on any atom is 0.243 e. The van der Waals surface area contributed by atoms with Gasteiger partial charge in [0.25, 0.3) is 0 Å². The first-order valence-corrected chi connectivity index (χ1v) is 12.1. The number of benzene rings is 2. The molecular formula is C22H25ClN2O5S. The third-order valence-corrected chi connectivity index (χ3v) is 7.58. The normalized spacial score (nSPS) is 19.1. The molecule has 1 amide bonds. The summed E-state index contributed by atoms with van der Waals surface area (Å²) >= 11 is 6.23. The van der Waals surface area contributed by atoms with Crippen LogP contribution in [0.1, 0.15) is 25.3 Å². The van der Waals surface area contributed by atoms with Crippen molar-refractivity contribution in [1.82, 2.24) is 4.31 Å². The molecule has 1 fully saturated rings. The molecule has 0 radical (unpaired) electrons. The summed E-state index contributed by atoms with van der Waals surface area (Å²) in [6.07, 6.45) is 2.02. The largest absolute Gasteiger partial charge is 0.486 e. The molecular weight excluding hydrogens is 440 g/mol. The Morgan fingerprint density at radius 3 is 2.68 bits per heavy atom. The highest BCUT2D eigenvalue weighted by molar-refractivity contribution is 7.89. The summed E-state index contributed by atoms with van der Waals surface area (Å²) in [4.78, 5) is 12.7. The molecule has 2 aliphatic rings. The summed E-state index contributed by atoms with van der Waals surface area (Å²) < 4.78 is 38.3. The van der Waals surface area contributed by atoms with Crippen molar-refractivity contribution in [3.8, 4) is 11.5 Å². The molecule has 166 valence electrons. The van der Waals surface area contributed by atoms with Crippen molar-refractivity contribution in [2.45, 2.75) is 31.1 Å². The molecule has 1 atom stereocenters. The SMILES string of the molecule is CC1CCCN(S(=O)(=O)c2ccc(NC(=O)Cc3cc(Cl)c4c(c3)OCCO4)cc2)C1. The molecule has 2 aromatic rings. The maximum absolute atomic E-state index is 12.9. The molecule has 1 N–H and O–H groups in total. The van der Waals surface area contributed by atoms with E-state index in [1.54, 1.807) is 28.6 Å². The van der Waals surface area contributed by atoms with Crippen LogP contribution in [0, 0.1) is 5.92 Å². The molecule has 1 unspecified atom stereocenters. The molecule has 7 nitrogen and oxygen atoms in total. The van der Waals surface area contributed by atoms with Gasteiger partial charge in [-0.3, -0.25) is 4.79 Å². The van der Waals surface area contributed by atoms with Crippen LogP contribution >= 0.6 is 11.6 Å². The number of amides is 1. The predicted octanol–water partition coefficient (Wildman–Crippen LogP) is 3.71. The number of carbonyl (C=O) groups excluding carboxylic acids is 1. The molecule has 4 rings (SSSR count). The van der Waals surface area contributed by atoms with Gasteiger partial charge in [-0.15, -0.1) is 0 Å². The van der Waals surface area contributed by atoms with Gasteiger partial charge in [0, 0.05) is 18.8 Å². The van der Waals surface area contributed by atoms with Crippen molar-refractivity contribution in [3.05, 3.63) is 47.0 Å². The number of fused-ring (bicyclic) bond motifs is 1. The second kappa shape index (κ2) is 9.06. The molecule has 0 aliphatic carbocycles. The number of nitrogens with zero attached hydrogens (tertiary/aromatic N) is 1. The molecule has 0 bridgehead atoms. The second-order valence-corrected chi connectivity index (χ2v) is 10.3. The maximum atomic E-state index is 12.9. The van der Waals surface area contributed by atoms with Crippen molar-refractivity contribution in [2.24, 2.45) is 5.92 Å². The van der Waals surface area contributed by atoms with E-state index in [0.29, 0.717) is 60.0 Å². The van der Waals surface area contributed by atoms with Gasteiger partial charge in [-0.2, -0.15) is 4.31 Å². The summed E-state index contributed by atoms with van der Waals surface area (Å²) in [5, 5.41) is 3.20. The van der Waals surface area contributed by atoms with Gasteiger partial charge in [-0.1, -0.05) is 18.5 Å². The van der Waals surface area contributed by atoms with Gasteiger partial charge in [0.2, 0.25) is 15.9 Å². The molecule has 0 aromatic heterocycles. The molecule has 9 heteroatoms. The number of hydrogen-bond acceptors (Lipinski definition) is 5. The zero-order valence-electron chi connectivity index (χ0n) is 17.3. The average Bonchev–Trinajstić information content (AvgIpc) is 2.74. The number of anilines is 1. The molecule has 2 heterocycles. The van der Waals surface area contributed by atoms with E-state index >= 15 is 0 Å². The summed E-state index contributed by atoms with van der Waals surface area (Å²) in [6, 6.07) is 9.71. The summed E-state index contributed by atoms with van der Waals surface area (Å²) in [5.74, 6) is 1.14. The third-order valence-electron chi connectivity index (χ3n) is 5.42. The number of sulfonamides is 1. The van der Waals surface area contributed by atoms with E-state index in [1.807, 2.05) is 0 Å². The van der Waals surface area contributed by atoms with Crippen molar-refractivity contribution in [3.63, 3.8) is 0 Å². The Morgan fingerprint density at radius 1 is 1.19 bits per heavy atom. The zero-order chi connectivity index (χ0) is 22.0. The van der Waals surface area contributed by atoms with Crippen molar-refractivity contribution in [1.29, 1.82) is 0 Å². The number of ether oxygens (including phenoxy) is 2. The molecule has 1 saturated heterocycles. The molecule has 31 heavy (non-hydrogen) atoms. The van der Waals surface area contributed by atoms with Crippen LogP contribution in [0.3, 0.4) is 0 Å². The summed E-state index contributed by atoms with van der Waals surface area (Å²) in [5.41, 5.74) is 1.23. The van der Waals surface area contributed by atoms with Crippen LogP contribution in [0.2, 0.25) is 5.02 Å². The Morgan fingerprint density at radius 2 is 1.94 bits per heavy atom. The van der Waals surface area contributed by atoms with Gasteiger partial charge in [-0.25, -0.2) is 8.42 Å². The van der Waals surface area contributed by atoms with E-state index in [4.69, 9.17) is 21.1 Å². The fourth-order valence-electron chi connectivity index (χ4n) is 3.88. The van der Waals surface area contributed by atoms with E-state index in [9.17, 15) is 13.2 Å². The lowest BCUT2D eigenvalue weighted by Gasteiger charge is -2.30. The quantitative estimate of drug-likeness (QED) is 0.729. The van der Waals surface area contributed by atoms with E-state index in [1.165, 1.54) is 12.1 Å². The Hall–Kier alpha value is -2.29. The van der Waals surface area contributed by atoms with Crippen LogP contribution < -0.4 is 14.8 Å². The van der Waals surface area contributed by atoms with Crippen molar-refractivity contribution in [2.75, 3.05) is 31.6 Å². The van der Waals surface area contributed by atoms with Gasteiger partial charge < -0.3 is 14.8 Å². The number of rotatable bonds is 5. The highest BCUT2D eigenvalue weighted by Gasteiger charge is 2.28. The highest BCUT2D eigenvalue weighted by Crippen LogP contribution is 2.38. The Labute approximate surface area is 187 Å². The minimum absolute atomic E-state index is 0.0993. The van der Waals surface area contributed by atoms with Crippen LogP contribution in [0.5, 0.6) is 11.5 Å². The van der Waals surface area contributed by atoms with Crippen molar-refractivity contribution >= 4 is 33.2 Å². The number of piperidine rings is 1. The lowest BCUT2D eigenvalue weighted by molar-refractivity contribution is -0.115. The second-order valence-electron chi connectivity index (χ2n) is 7.96. The Bertz CT molecular complexity index is 1070. The standard InChI is InChI=1S/C22H25ClN2O5S/c1-15-3-2-8-25(14-15)31(27,28)18-6-4-17(5-7-18)24-21(26)13-16-11-19(23)22-20(12-16)29-9-10-30-22/h4-7,11-12,15H,2-3,8-10,13-14H2,1H3,(H,24,26). The van der Waals surface area contributed by atoms with Gasteiger partial charge in [0.15, 0.2) is 11.5 Å². The Kier molecular flexibility index (Phi) is 6.41. The van der Waals surface area contributed by atoms with Crippen LogP contribution in [-0.4, -0.2) is 44.9 Å². The van der Waals surface area contributed by atoms with Gasteiger partial charge >= 0.3 is 0 Å². The average molecular weight is 465 g/mol. The van der Waals surface area contributed by atoms with Crippen LogP contribution in [0.25, 0.3) is 0 Å². The monoisotopic (exact) mass is 464 g/mol. The lowest BCUT2D eigenvalue weighted by Crippen LogP contribution is -2.39. The van der Waals surface area contributed by atoms with E-state index in [0.717, 1.165) is 12.8 Å². The first kappa shape index (κ1) is 21.9. The lowest BCUT2D eigenvalue weighted by atomic mass is 10.0. The zero-order valence-corrected chi connectivity index (χ0v) is 18.8. The van der Waals surface area contributed by atoms with Gasteiger partial charge in [0.05, 0.1) is 16.3 Å². The van der Waals surface area contributed by atoms with Crippen LogP contribution in [0.15, 0.2) is 41.3 Å². The fourth-order valence-corrected chi connectivity index (χ4v) is 5.77. The number of carbonyl (C=O) groups is 1. The van der Waals surface area contributed by atoms with Gasteiger partial charge in [0.1, 0.15) is 13.2 Å². The molecule has 2 aliphatic heterocycles. The van der Waals surface area contributed by atoms with Crippen LogP contribution in [-0.2, 0) is 21.2 Å². The number of halogens is 1. The molecule has 2 aromatic carbocycles. The third kappa shape index (κ3) is 4.97. The molecule has 0 spiro atoms. The molecule has 0 saturated carbocycles. The van der Waals surface area contributed by atoms with Crippen LogP contribution in [0.4, 0.5) is 5.69 Å². The first-order valence-electron chi connectivity index (χ1n) is 10.3. The Balaban J connectivity index is 1.41. The number of hydrogen-bond donors (Lipinski definition) is 1. The minimum atomic E-state index is -3.52. The number of nitrogens with one attached hydrogen (secondary N) is 1. The predicted molar refractivity (Wildman–Crippen MR) is 118 cm³/mol. The first-order chi connectivity index (χ1) is 14.8. The van der Waals surface area contributed by atoms with Gasteiger partial charge in [-0.05, 0) is 60.7 Å². The van der Waals surface area contributed by atoms with Crippen molar-refractivity contribution < 1.29 is 22.7 Å². The fraction of sp³-hybridized carbons (Fsp3) is 0.409. The topological polar surface area (TPSA) is 84.9 Å². The highest BCUT2D eigenvalue weighted by atomic mass is 35.5. The minimum Gasteiger partial charge on any atom is -0.486 e. The van der Waals surface area contributed by atoms with E-state index in [-0.39, 0.29) is 17.2 Å².